The Balaban J connectivity index is 1.28. The van der Waals surface area contributed by atoms with E-state index in [0.717, 1.165) is 18.7 Å². The van der Waals surface area contributed by atoms with Crippen molar-refractivity contribution in [2.24, 2.45) is 0 Å². The summed E-state index contributed by atoms with van der Waals surface area (Å²) in [4.78, 5) is 32.1. The molecule has 9 nitrogen and oxygen atoms in total. The van der Waals surface area contributed by atoms with Gasteiger partial charge in [0.25, 0.3) is 0 Å². The smallest absolute Gasteiger partial charge is 0.360 e. The van der Waals surface area contributed by atoms with E-state index in [-0.39, 0.29) is 23.7 Å². The van der Waals surface area contributed by atoms with Gasteiger partial charge in [-0.1, -0.05) is 65.9 Å². The van der Waals surface area contributed by atoms with Crippen LogP contribution in [-0.2, 0) is 9.53 Å². The lowest BCUT2D eigenvalue weighted by Gasteiger charge is -2.38. The summed E-state index contributed by atoms with van der Waals surface area (Å²) in [5.74, 6) is -0.368. The molecule has 3 heterocycles. The third-order valence-electron chi connectivity index (χ3n) is 7.11. The van der Waals surface area contributed by atoms with E-state index in [9.17, 15) is 9.59 Å². The molecular weight excluding hydrogens is 468 g/mol. The van der Waals surface area contributed by atoms with Gasteiger partial charge < -0.3 is 14.5 Å². The molecule has 2 saturated heterocycles. The second kappa shape index (κ2) is 11.4. The number of likely N-dealkylation sites (tertiary alicyclic amines) is 1. The van der Waals surface area contributed by atoms with E-state index in [1.165, 1.54) is 12.8 Å². The minimum atomic E-state index is -0.518. The molecule has 0 unspecified atom stereocenters. The van der Waals surface area contributed by atoms with Crippen molar-refractivity contribution in [1.29, 1.82) is 0 Å². The van der Waals surface area contributed by atoms with Crippen molar-refractivity contribution in [3.05, 3.63) is 84.2 Å². The van der Waals surface area contributed by atoms with Crippen LogP contribution in [0, 0.1) is 0 Å². The number of carbonyl (C=O) groups excluding carboxylic acids is 2. The average Bonchev–Trinajstić information content (AvgIpc) is 3.61. The zero-order chi connectivity index (χ0) is 25.6. The van der Waals surface area contributed by atoms with Gasteiger partial charge in [0, 0.05) is 45.0 Å². The van der Waals surface area contributed by atoms with Gasteiger partial charge in [-0.15, -0.1) is 5.10 Å². The fraction of sp³-hybridized carbons (Fsp3) is 0.357. The Labute approximate surface area is 216 Å². The van der Waals surface area contributed by atoms with Gasteiger partial charge in [0.2, 0.25) is 5.91 Å². The summed E-state index contributed by atoms with van der Waals surface area (Å²) >= 11 is 0. The SMILES string of the molecule is COC(=O)c1cn([C@@H]2C[C@@H](C(=O)N3CCN(c4ccccc4)CC3)N(C/C=C/c3ccccc3)C2)nn1. The number of rotatable bonds is 7. The summed E-state index contributed by atoms with van der Waals surface area (Å²) in [6, 6.07) is 20.1. The summed E-state index contributed by atoms with van der Waals surface area (Å²) in [6.07, 6.45) is 6.41. The van der Waals surface area contributed by atoms with Crippen molar-refractivity contribution in [2.75, 3.05) is 51.3 Å². The second-order valence-electron chi connectivity index (χ2n) is 9.40. The standard InChI is InChI=1S/C28H32N6O3/c1-37-28(36)25-21-34(30-29-25)24-19-26(33(20-24)14-8-11-22-9-4-2-5-10-22)27(35)32-17-15-31(16-18-32)23-12-6-3-7-13-23/h2-13,21,24,26H,14-20H2,1H3/b11-8+/t24-,26+/m1/s1. The number of methoxy groups -OCH3 is 1. The maximum absolute atomic E-state index is 13.7. The Morgan fingerprint density at radius 3 is 2.41 bits per heavy atom. The van der Waals surface area contributed by atoms with E-state index in [4.69, 9.17) is 4.74 Å². The van der Waals surface area contributed by atoms with Crippen molar-refractivity contribution in [3.8, 4) is 0 Å². The first-order valence-electron chi connectivity index (χ1n) is 12.7. The Kier molecular flexibility index (Phi) is 7.60. The molecule has 0 saturated carbocycles. The lowest BCUT2D eigenvalue weighted by molar-refractivity contribution is -0.136. The third kappa shape index (κ3) is 5.72. The zero-order valence-corrected chi connectivity index (χ0v) is 21.0. The van der Waals surface area contributed by atoms with Crippen molar-refractivity contribution in [1.82, 2.24) is 24.8 Å². The number of benzene rings is 2. The highest BCUT2D eigenvalue weighted by Crippen LogP contribution is 2.29. The van der Waals surface area contributed by atoms with Crippen LogP contribution in [0.1, 0.15) is 28.5 Å². The molecule has 2 aliphatic heterocycles. The van der Waals surface area contributed by atoms with Crippen LogP contribution in [-0.4, -0.2) is 89.1 Å². The fourth-order valence-electron chi connectivity index (χ4n) is 5.11. The number of aromatic nitrogens is 3. The minimum Gasteiger partial charge on any atom is -0.464 e. The molecule has 2 atom stereocenters. The number of carbonyl (C=O) groups is 2. The first-order valence-corrected chi connectivity index (χ1v) is 12.7. The van der Waals surface area contributed by atoms with Crippen molar-refractivity contribution < 1.29 is 14.3 Å². The molecule has 3 aromatic rings. The van der Waals surface area contributed by atoms with Crippen molar-refractivity contribution in [2.45, 2.75) is 18.5 Å². The molecule has 37 heavy (non-hydrogen) atoms. The Morgan fingerprint density at radius 2 is 1.70 bits per heavy atom. The average molecular weight is 501 g/mol. The van der Waals surface area contributed by atoms with Crippen LogP contribution in [0.4, 0.5) is 5.69 Å². The zero-order valence-electron chi connectivity index (χ0n) is 21.0. The highest BCUT2D eigenvalue weighted by atomic mass is 16.5. The van der Waals surface area contributed by atoms with Crippen LogP contribution in [0.25, 0.3) is 6.08 Å². The fourth-order valence-corrected chi connectivity index (χ4v) is 5.11. The molecule has 0 aliphatic carbocycles. The summed E-state index contributed by atoms with van der Waals surface area (Å²) in [6.45, 7) is 4.29. The van der Waals surface area contributed by atoms with Gasteiger partial charge in [0.1, 0.15) is 0 Å². The molecule has 0 radical (unpaired) electrons. The van der Waals surface area contributed by atoms with Crippen molar-refractivity contribution in [3.63, 3.8) is 0 Å². The highest BCUT2D eigenvalue weighted by Gasteiger charge is 2.40. The number of esters is 1. The van der Waals surface area contributed by atoms with Crippen LogP contribution in [0.2, 0.25) is 0 Å². The van der Waals surface area contributed by atoms with E-state index in [1.807, 2.05) is 41.3 Å². The first kappa shape index (κ1) is 24.7. The third-order valence-corrected chi connectivity index (χ3v) is 7.11. The van der Waals surface area contributed by atoms with Crippen LogP contribution in [0.3, 0.4) is 0 Å². The second-order valence-corrected chi connectivity index (χ2v) is 9.40. The van der Waals surface area contributed by atoms with E-state index in [2.05, 4.69) is 56.5 Å². The first-order chi connectivity index (χ1) is 18.1. The van der Waals surface area contributed by atoms with Gasteiger partial charge in [0.15, 0.2) is 5.69 Å². The van der Waals surface area contributed by atoms with Gasteiger partial charge in [-0.25, -0.2) is 9.48 Å². The number of hydrogen-bond donors (Lipinski definition) is 0. The molecule has 2 aromatic carbocycles. The van der Waals surface area contributed by atoms with Crippen molar-refractivity contribution >= 4 is 23.6 Å². The number of anilines is 1. The molecule has 0 N–H and O–H groups in total. The van der Waals surface area contributed by atoms with Gasteiger partial charge in [-0.2, -0.15) is 0 Å². The summed E-state index contributed by atoms with van der Waals surface area (Å²) in [5.41, 5.74) is 2.48. The Morgan fingerprint density at radius 1 is 1.00 bits per heavy atom. The van der Waals surface area contributed by atoms with Crippen LogP contribution in [0.5, 0.6) is 0 Å². The number of hydrogen-bond acceptors (Lipinski definition) is 7. The number of piperazine rings is 1. The lowest BCUT2D eigenvalue weighted by atomic mass is 10.1. The van der Waals surface area contributed by atoms with E-state index >= 15 is 0 Å². The van der Waals surface area contributed by atoms with Gasteiger partial charge >= 0.3 is 5.97 Å². The molecule has 0 spiro atoms. The van der Waals surface area contributed by atoms with Crippen LogP contribution in [0.15, 0.2) is 72.9 Å². The summed E-state index contributed by atoms with van der Waals surface area (Å²) < 4.78 is 6.46. The predicted octanol–water partition coefficient (Wildman–Crippen LogP) is 2.74. The van der Waals surface area contributed by atoms with Gasteiger partial charge in [-0.05, 0) is 24.1 Å². The predicted molar refractivity (Wildman–Crippen MR) is 141 cm³/mol. The molecule has 9 heteroatoms. The Hall–Kier alpha value is -3.98. The number of ether oxygens (including phenoxy) is 1. The lowest BCUT2D eigenvalue weighted by Crippen LogP contribution is -2.53. The molecule has 0 bridgehead atoms. The Bertz CT molecular complexity index is 1220. The maximum Gasteiger partial charge on any atom is 0.360 e. The number of para-hydroxylation sites is 1. The van der Waals surface area contributed by atoms with E-state index < -0.39 is 5.97 Å². The van der Waals surface area contributed by atoms with Crippen LogP contribution >= 0.6 is 0 Å². The normalized spacial score (nSPS) is 20.5. The molecule has 1 aromatic heterocycles. The van der Waals surface area contributed by atoms with E-state index in [0.29, 0.717) is 32.6 Å². The molecular formula is C28H32N6O3. The largest absolute Gasteiger partial charge is 0.464 e. The molecule has 5 rings (SSSR count). The molecule has 2 fully saturated rings. The summed E-state index contributed by atoms with van der Waals surface area (Å²) in [7, 11) is 1.32. The van der Waals surface area contributed by atoms with E-state index in [1.54, 1.807) is 10.9 Å². The number of nitrogens with zero attached hydrogens (tertiary/aromatic N) is 6. The van der Waals surface area contributed by atoms with Crippen LogP contribution < -0.4 is 4.90 Å². The molecule has 192 valence electrons. The summed E-state index contributed by atoms with van der Waals surface area (Å²) in [5, 5.41) is 8.13. The molecule has 1 amide bonds. The minimum absolute atomic E-state index is 0.0596. The maximum atomic E-state index is 13.7. The van der Waals surface area contributed by atoms with Gasteiger partial charge in [0.05, 0.1) is 25.4 Å². The monoisotopic (exact) mass is 500 g/mol. The van der Waals surface area contributed by atoms with Gasteiger partial charge in [-0.3, -0.25) is 9.69 Å². The topological polar surface area (TPSA) is 83.8 Å². The molecule has 2 aliphatic rings. The quantitative estimate of drug-likeness (QED) is 0.461. The number of amides is 1. The highest BCUT2D eigenvalue weighted by molar-refractivity contribution is 5.86.